The van der Waals surface area contributed by atoms with Crippen LogP contribution in [0, 0.1) is 11.6 Å². The third-order valence-corrected chi connectivity index (χ3v) is 5.13. The van der Waals surface area contributed by atoms with Gasteiger partial charge in [0.1, 0.15) is 35.8 Å². The molecular weight excluding hydrogens is 392 g/mol. The maximum absolute atomic E-state index is 13.3. The van der Waals surface area contributed by atoms with Gasteiger partial charge in [-0.3, -0.25) is 4.79 Å². The summed E-state index contributed by atoms with van der Waals surface area (Å²) in [5, 5.41) is 20.4. The lowest BCUT2D eigenvalue weighted by atomic mass is 9.78. The first-order valence-corrected chi connectivity index (χ1v) is 9.38. The van der Waals surface area contributed by atoms with Crippen molar-refractivity contribution in [1.29, 1.82) is 0 Å². The van der Waals surface area contributed by atoms with Crippen molar-refractivity contribution in [2.24, 2.45) is 0 Å². The minimum Gasteiger partial charge on any atom is -0.508 e. The number of carbonyl (C=O) groups excluding carboxylic acids is 1. The first-order valence-electron chi connectivity index (χ1n) is 9.38. The van der Waals surface area contributed by atoms with Crippen LogP contribution in [0.5, 0.6) is 11.5 Å². The number of amides is 1. The van der Waals surface area contributed by atoms with Crippen molar-refractivity contribution in [3.05, 3.63) is 90.0 Å². The number of aliphatic hydroxyl groups excluding tert-OH is 1. The molecule has 1 aliphatic heterocycles. The predicted molar refractivity (Wildman–Crippen MR) is 106 cm³/mol. The quantitative estimate of drug-likeness (QED) is 0.608. The molecule has 1 fully saturated rings. The average Bonchev–Trinajstić information content (AvgIpc) is 2.74. The highest BCUT2D eigenvalue weighted by Crippen LogP contribution is 2.41. The summed E-state index contributed by atoms with van der Waals surface area (Å²) in [6, 6.07) is 16.4. The zero-order valence-electron chi connectivity index (χ0n) is 15.8. The molecule has 1 aliphatic rings. The lowest BCUT2D eigenvalue weighted by Gasteiger charge is -2.49. The molecule has 7 heteroatoms. The molecule has 1 heterocycles. The van der Waals surface area contributed by atoms with Crippen LogP contribution in [0.3, 0.4) is 0 Å². The highest BCUT2D eigenvalue weighted by molar-refractivity contribution is 6.06. The molecule has 3 aromatic carbocycles. The average molecular weight is 411 g/mol. The van der Waals surface area contributed by atoms with E-state index < -0.39 is 29.7 Å². The SMILES string of the molecule is O=C1[C@@H](c2ccc(O)cc2)[C@@H]([C@H](O)COc2ccc(F)cc2)N1c1ccc(F)cc1. The number of rotatable bonds is 6. The molecule has 1 saturated heterocycles. The molecule has 0 radical (unpaired) electrons. The van der Waals surface area contributed by atoms with E-state index in [-0.39, 0.29) is 18.3 Å². The summed E-state index contributed by atoms with van der Waals surface area (Å²) in [6.07, 6.45) is -1.07. The van der Waals surface area contributed by atoms with Gasteiger partial charge in [0.2, 0.25) is 5.91 Å². The number of aliphatic hydroxyl groups is 1. The largest absolute Gasteiger partial charge is 0.508 e. The Bertz CT molecular complexity index is 967. The van der Waals surface area contributed by atoms with E-state index in [0.29, 0.717) is 17.0 Å². The molecule has 0 aromatic heterocycles. The molecule has 0 spiro atoms. The fourth-order valence-corrected chi connectivity index (χ4v) is 3.64. The molecule has 5 nitrogen and oxygen atoms in total. The van der Waals surface area contributed by atoms with Crippen LogP contribution in [0.4, 0.5) is 14.5 Å². The van der Waals surface area contributed by atoms with Crippen LogP contribution in [0.1, 0.15) is 11.5 Å². The molecule has 0 saturated carbocycles. The molecule has 3 atom stereocenters. The fourth-order valence-electron chi connectivity index (χ4n) is 3.64. The standard InChI is InChI=1S/C23H19F2NO4/c24-15-3-7-17(8-4-15)26-22(20(28)13-30-19-11-5-16(25)6-12-19)21(23(26)29)14-1-9-18(27)10-2-14/h1-12,20-22,27-28H,13H2/t20-,21+,22-/m1/s1. The molecular formula is C23H19F2NO4. The van der Waals surface area contributed by atoms with Crippen molar-refractivity contribution in [2.75, 3.05) is 11.5 Å². The topological polar surface area (TPSA) is 70.0 Å². The Labute approximate surface area is 171 Å². The van der Waals surface area contributed by atoms with Crippen molar-refractivity contribution >= 4 is 11.6 Å². The second kappa shape index (κ2) is 8.12. The number of carbonyl (C=O) groups is 1. The molecule has 30 heavy (non-hydrogen) atoms. The minimum absolute atomic E-state index is 0.0673. The lowest BCUT2D eigenvalue weighted by molar-refractivity contribution is -0.129. The molecule has 0 bridgehead atoms. The Morgan fingerprint density at radius 3 is 2.07 bits per heavy atom. The van der Waals surface area contributed by atoms with Crippen molar-refractivity contribution < 1.29 is 28.5 Å². The number of anilines is 1. The Balaban J connectivity index is 1.58. The molecule has 3 aromatic rings. The number of hydrogen-bond acceptors (Lipinski definition) is 4. The normalized spacial score (nSPS) is 19.3. The van der Waals surface area contributed by atoms with Gasteiger partial charge < -0.3 is 19.8 Å². The summed E-state index contributed by atoms with van der Waals surface area (Å²) < 4.78 is 31.9. The van der Waals surface area contributed by atoms with E-state index in [9.17, 15) is 23.8 Å². The maximum atomic E-state index is 13.3. The molecule has 0 aliphatic carbocycles. The van der Waals surface area contributed by atoms with Gasteiger partial charge in [-0.1, -0.05) is 12.1 Å². The first kappa shape index (κ1) is 19.8. The fraction of sp³-hybridized carbons (Fsp3) is 0.174. The van der Waals surface area contributed by atoms with Crippen molar-refractivity contribution in [3.63, 3.8) is 0 Å². The second-order valence-electron chi connectivity index (χ2n) is 7.08. The number of benzene rings is 3. The Morgan fingerprint density at radius 1 is 0.900 bits per heavy atom. The van der Waals surface area contributed by atoms with Gasteiger partial charge >= 0.3 is 0 Å². The monoisotopic (exact) mass is 411 g/mol. The van der Waals surface area contributed by atoms with Gasteiger partial charge in [-0.25, -0.2) is 8.78 Å². The van der Waals surface area contributed by atoms with Crippen LogP contribution in [-0.4, -0.2) is 34.9 Å². The molecule has 4 rings (SSSR count). The van der Waals surface area contributed by atoms with Crippen molar-refractivity contribution in [2.45, 2.75) is 18.1 Å². The number of β-lactam (4-membered cyclic amide) rings is 1. The van der Waals surface area contributed by atoms with Crippen LogP contribution in [-0.2, 0) is 4.79 Å². The Kier molecular flexibility index (Phi) is 5.37. The van der Waals surface area contributed by atoms with Crippen molar-refractivity contribution in [1.82, 2.24) is 0 Å². The Hall–Kier alpha value is -3.45. The van der Waals surface area contributed by atoms with Crippen LogP contribution >= 0.6 is 0 Å². The van der Waals surface area contributed by atoms with Crippen LogP contribution in [0.15, 0.2) is 72.8 Å². The van der Waals surface area contributed by atoms with E-state index in [1.54, 1.807) is 12.1 Å². The summed E-state index contributed by atoms with van der Waals surface area (Å²) >= 11 is 0. The highest BCUT2D eigenvalue weighted by Gasteiger charge is 2.52. The van der Waals surface area contributed by atoms with Crippen LogP contribution in [0.25, 0.3) is 0 Å². The van der Waals surface area contributed by atoms with E-state index in [2.05, 4.69) is 0 Å². The smallest absolute Gasteiger partial charge is 0.237 e. The van der Waals surface area contributed by atoms with Gasteiger partial charge in [0.15, 0.2) is 0 Å². The van der Waals surface area contributed by atoms with E-state index in [1.807, 2.05) is 0 Å². The molecule has 1 amide bonds. The molecule has 154 valence electrons. The van der Waals surface area contributed by atoms with Gasteiger partial charge in [0, 0.05) is 5.69 Å². The van der Waals surface area contributed by atoms with E-state index >= 15 is 0 Å². The molecule has 0 unspecified atom stereocenters. The Morgan fingerprint density at radius 2 is 1.47 bits per heavy atom. The zero-order chi connectivity index (χ0) is 21.3. The minimum atomic E-state index is -1.07. The third kappa shape index (κ3) is 3.84. The number of hydrogen-bond donors (Lipinski definition) is 2. The highest BCUT2D eigenvalue weighted by atomic mass is 19.1. The van der Waals surface area contributed by atoms with Gasteiger partial charge in [-0.15, -0.1) is 0 Å². The van der Waals surface area contributed by atoms with Crippen molar-refractivity contribution in [3.8, 4) is 11.5 Å². The number of aromatic hydroxyl groups is 1. The van der Waals surface area contributed by atoms with E-state index in [1.165, 1.54) is 65.6 Å². The summed E-state index contributed by atoms with van der Waals surface area (Å²) in [5.41, 5.74) is 1.10. The zero-order valence-corrected chi connectivity index (χ0v) is 15.8. The van der Waals surface area contributed by atoms with E-state index in [4.69, 9.17) is 4.74 Å². The second-order valence-corrected chi connectivity index (χ2v) is 7.08. The number of nitrogens with zero attached hydrogens (tertiary/aromatic N) is 1. The van der Waals surface area contributed by atoms with Gasteiger partial charge in [0.25, 0.3) is 0 Å². The predicted octanol–water partition coefficient (Wildman–Crippen LogP) is 3.61. The van der Waals surface area contributed by atoms with E-state index in [0.717, 1.165) is 0 Å². The first-order chi connectivity index (χ1) is 14.4. The van der Waals surface area contributed by atoms with Gasteiger partial charge in [-0.2, -0.15) is 0 Å². The summed E-state index contributed by atoms with van der Waals surface area (Å²) in [7, 11) is 0. The molecule has 2 N–H and O–H groups in total. The lowest BCUT2D eigenvalue weighted by Crippen LogP contribution is -2.65. The number of halogens is 2. The number of ether oxygens (including phenoxy) is 1. The summed E-state index contributed by atoms with van der Waals surface area (Å²) in [4.78, 5) is 14.3. The van der Waals surface area contributed by atoms with Gasteiger partial charge in [0.05, 0.1) is 12.0 Å². The number of phenolic OH excluding ortho intramolecular Hbond substituents is 1. The van der Waals surface area contributed by atoms with Gasteiger partial charge in [-0.05, 0) is 66.2 Å². The van der Waals surface area contributed by atoms with Crippen LogP contribution < -0.4 is 9.64 Å². The summed E-state index contributed by atoms with van der Waals surface area (Å²) in [5.74, 6) is -1.28. The third-order valence-electron chi connectivity index (χ3n) is 5.13. The van der Waals surface area contributed by atoms with Crippen LogP contribution in [0.2, 0.25) is 0 Å². The number of phenols is 1. The maximum Gasteiger partial charge on any atom is 0.237 e. The summed E-state index contributed by atoms with van der Waals surface area (Å²) in [6.45, 7) is -0.129.